The monoisotopic (exact) mass is 234 g/mol. The topological polar surface area (TPSA) is 63.8 Å². The maximum Gasteiger partial charge on any atom is 0.152 e. The summed E-state index contributed by atoms with van der Waals surface area (Å²) in [5, 5.41) is 3.30. The van der Waals surface area contributed by atoms with Gasteiger partial charge in [-0.15, -0.1) is 0 Å². The third kappa shape index (κ3) is 3.58. The Morgan fingerprint density at radius 2 is 2.12 bits per heavy atom. The van der Waals surface area contributed by atoms with E-state index < -0.39 is 0 Å². The van der Waals surface area contributed by atoms with E-state index in [2.05, 4.69) is 22.2 Å². The first kappa shape index (κ1) is 12.1. The highest BCUT2D eigenvalue weighted by Crippen LogP contribution is 2.30. The molecule has 1 heterocycles. The minimum atomic E-state index is 0.629. The van der Waals surface area contributed by atoms with E-state index in [9.17, 15) is 0 Å². The molecular formula is C13H22N4. The molecule has 0 saturated heterocycles. The molecule has 0 amide bonds. The molecule has 4 nitrogen and oxygen atoms in total. The van der Waals surface area contributed by atoms with Crippen LogP contribution in [0.5, 0.6) is 0 Å². The van der Waals surface area contributed by atoms with Crippen molar-refractivity contribution < 1.29 is 0 Å². The van der Waals surface area contributed by atoms with E-state index in [0.717, 1.165) is 24.2 Å². The number of hydrogen-bond donors (Lipinski definition) is 2. The second-order valence-corrected chi connectivity index (χ2v) is 5.17. The second kappa shape index (κ2) is 5.84. The van der Waals surface area contributed by atoms with Crippen LogP contribution in [0, 0.1) is 11.8 Å². The zero-order valence-corrected chi connectivity index (χ0v) is 10.5. The number of nitrogen functional groups attached to an aromatic ring is 1. The van der Waals surface area contributed by atoms with Crippen LogP contribution in [0.15, 0.2) is 12.5 Å². The Balaban J connectivity index is 1.71. The van der Waals surface area contributed by atoms with E-state index in [1.807, 2.05) is 0 Å². The lowest BCUT2D eigenvalue weighted by molar-refractivity contribution is 0.282. The van der Waals surface area contributed by atoms with Crippen molar-refractivity contribution in [2.24, 2.45) is 11.8 Å². The largest absolute Gasteiger partial charge is 0.394 e. The highest BCUT2D eigenvalue weighted by atomic mass is 15.0. The van der Waals surface area contributed by atoms with Crippen molar-refractivity contribution in [3.63, 3.8) is 0 Å². The van der Waals surface area contributed by atoms with Crippen LogP contribution >= 0.6 is 0 Å². The molecule has 17 heavy (non-hydrogen) atoms. The Kier molecular flexibility index (Phi) is 4.18. The van der Waals surface area contributed by atoms with Crippen LogP contribution in [0.2, 0.25) is 0 Å². The van der Waals surface area contributed by atoms with Crippen LogP contribution in [0.25, 0.3) is 0 Å². The minimum absolute atomic E-state index is 0.629. The van der Waals surface area contributed by atoms with Gasteiger partial charge in [0.2, 0.25) is 0 Å². The van der Waals surface area contributed by atoms with E-state index in [1.54, 1.807) is 6.20 Å². The Hall–Kier alpha value is -1.32. The standard InChI is InChI=1S/C13H22N4/c1-10-2-4-11(5-3-10)6-7-16-13-12(14)8-15-9-17-13/h8-11H,2-7,14H2,1H3,(H,15,16,17). The molecule has 1 saturated carbocycles. The summed E-state index contributed by atoms with van der Waals surface area (Å²) in [5.74, 6) is 2.57. The first-order valence-corrected chi connectivity index (χ1v) is 6.55. The summed E-state index contributed by atoms with van der Waals surface area (Å²) in [6.45, 7) is 3.32. The fourth-order valence-corrected chi connectivity index (χ4v) is 2.50. The van der Waals surface area contributed by atoms with Crippen LogP contribution in [-0.4, -0.2) is 16.5 Å². The molecule has 0 aromatic carbocycles. The van der Waals surface area contributed by atoms with Gasteiger partial charge in [-0.25, -0.2) is 9.97 Å². The fourth-order valence-electron chi connectivity index (χ4n) is 2.50. The average Bonchev–Trinajstić information content (AvgIpc) is 2.34. The molecule has 1 fully saturated rings. The van der Waals surface area contributed by atoms with Gasteiger partial charge in [-0.1, -0.05) is 32.6 Å². The van der Waals surface area contributed by atoms with Gasteiger partial charge in [0.1, 0.15) is 6.33 Å². The molecule has 0 bridgehead atoms. The third-order valence-corrected chi connectivity index (χ3v) is 3.72. The molecule has 1 aromatic rings. The molecule has 0 aliphatic heterocycles. The Labute approximate surface area is 103 Å². The van der Waals surface area contributed by atoms with E-state index >= 15 is 0 Å². The Morgan fingerprint density at radius 3 is 2.82 bits per heavy atom. The molecule has 0 unspecified atom stereocenters. The molecular weight excluding hydrogens is 212 g/mol. The van der Waals surface area contributed by atoms with Gasteiger partial charge in [0.25, 0.3) is 0 Å². The number of rotatable bonds is 4. The molecule has 0 spiro atoms. The van der Waals surface area contributed by atoms with Gasteiger partial charge in [0.05, 0.1) is 11.9 Å². The van der Waals surface area contributed by atoms with Gasteiger partial charge in [-0.3, -0.25) is 0 Å². The molecule has 2 rings (SSSR count). The van der Waals surface area contributed by atoms with Crippen LogP contribution in [-0.2, 0) is 0 Å². The lowest BCUT2D eigenvalue weighted by Gasteiger charge is -2.26. The van der Waals surface area contributed by atoms with Gasteiger partial charge < -0.3 is 11.1 Å². The summed E-state index contributed by atoms with van der Waals surface area (Å²) in [6, 6.07) is 0. The van der Waals surface area contributed by atoms with Crippen LogP contribution in [0.1, 0.15) is 39.0 Å². The van der Waals surface area contributed by atoms with Gasteiger partial charge in [-0.05, 0) is 18.3 Å². The Morgan fingerprint density at radius 1 is 1.35 bits per heavy atom. The van der Waals surface area contributed by atoms with E-state index in [1.165, 1.54) is 38.4 Å². The summed E-state index contributed by atoms with van der Waals surface area (Å²) in [7, 11) is 0. The minimum Gasteiger partial charge on any atom is -0.394 e. The molecule has 1 aliphatic carbocycles. The average molecular weight is 234 g/mol. The fraction of sp³-hybridized carbons (Fsp3) is 0.692. The van der Waals surface area contributed by atoms with Crippen molar-refractivity contribution >= 4 is 11.5 Å². The van der Waals surface area contributed by atoms with Gasteiger partial charge >= 0.3 is 0 Å². The maximum atomic E-state index is 5.77. The number of nitrogens with two attached hydrogens (primary N) is 1. The zero-order chi connectivity index (χ0) is 12.1. The highest BCUT2D eigenvalue weighted by molar-refractivity contribution is 5.58. The van der Waals surface area contributed by atoms with E-state index in [0.29, 0.717) is 5.69 Å². The molecule has 0 atom stereocenters. The summed E-state index contributed by atoms with van der Waals surface area (Å²) in [4.78, 5) is 8.00. The molecule has 94 valence electrons. The number of aromatic nitrogens is 2. The van der Waals surface area contributed by atoms with Gasteiger partial charge in [0, 0.05) is 6.54 Å². The molecule has 0 radical (unpaired) electrons. The number of nitrogens with zero attached hydrogens (tertiary/aromatic N) is 2. The zero-order valence-electron chi connectivity index (χ0n) is 10.5. The normalized spacial score (nSPS) is 24.5. The smallest absolute Gasteiger partial charge is 0.152 e. The van der Waals surface area contributed by atoms with Crippen molar-refractivity contribution in [1.82, 2.24) is 9.97 Å². The lowest BCUT2D eigenvalue weighted by atomic mass is 9.81. The predicted octanol–water partition coefficient (Wildman–Crippen LogP) is 2.69. The SMILES string of the molecule is CC1CCC(CCNc2ncncc2N)CC1. The molecule has 3 N–H and O–H groups in total. The third-order valence-electron chi connectivity index (χ3n) is 3.72. The summed E-state index contributed by atoms with van der Waals surface area (Å²) in [5.41, 5.74) is 6.40. The summed E-state index contributed by atoms with van der Waals surface area (Å²) in [6.07, 6.45) is 9.92. The number of hydrogen-bond acceptors (Lipinski definition) is 4. The summed E-state index contributed by atoms with van der Waals surface area (Å²) >= 11 is 0. The quantitative estimate of drug-likeness (QED) is 0.840. The van der Waals surface area contributed by atoms with Crippen molar-refractivity contribution in [2.75, 3.05) is 17.6 Å². The number of nitrogens with one attached hydrogen (secondary N) is 1. The van der Waals surface area contributed by atoms with Gasteiger partial charge in [-0.2, -0.15) is 0 Å². The maximum absolute atomic E-state index is 5.77. The highest BCUT2D eigenvalue weighted by Gasteiger charge is 2.17. The van der Waals surface area contributed by atoms with Crippen molar-refractivity contribution in [1.29, 1.82) is 0 Å². The molecule has 1 aliphatic rings. The van der Waals surface area contributed by atoms with Crippen molar-refractivity contribution in [3.8, 4) is 0 Å². The molecule has 4 heteroatoms. The lowest BCUT2D eigenvalue weighted by Crippen LogP contribution is -2.16. The van der Waals surface area contributed by atoms with E-state index in [4.69, 9.17) is 5.73 Å². The number of anilines is 2. The van der Waals surface area contributed by atoms with Crippen LogP contribution < -0.4 is 11.1 Å². The van der Waals surface area contributed by atoms with Crippen LogP contribution in [0.3, 0.4) is 0 Å². The Bertz CT molecular complexity index is 345. The van der Waals surface area contributed by atoms with Crippen molar-refractivity contribution in [2.45, 2.75) is 39.0 Å². The first-order valence-electron chi connectivity index (χ1n) is 6.55. The predicted molar refractivity (Wildman–Crippen MR) is 70.7 cm³/mol. The van der Waals surface area contributed by atoms with Crippen LogP contribution in [0.4, 0.5) is 11.5 Å². The second-order valence-electron chi connectivity index (χ2n) is 5.17. The van der Waals surface area contributed by atoms with E-state index in [-0.39, 0.29) is 0 Å². The summed E-state index contributed by atoms with van der Waals surface area (Å²) < 4.78 is 0. The van der Waals surface area contributed by atoms with Crippen molar-refractivity contribution in [3.05, 3.63) is 12.5 Å². The van der Waals surface area contributed by atoms with Gasteiger partial charge in [0.15, 0.2) is 5.82 Å². The molecule has 1 aromatic heterocycles. The first-order chi connectivity index (χ1) is 8.25.